The number of carbonyl (C=O) groups excluding carboxylic acids is 2. The summed E-state index contributed by atoms with van der Waals surface area (Å²) in [5, 5.41) is 14.6. The van der Waals surface area contributed by atoms with Crippen molar-refractivity contribution < 1.29 is 14.5 Å². The van der Waals surface area contributed by atoms with E-state index in [1.807, 2.05) is 4.90 Å². The van der Waals surface area contributed by atoms with Gasteiger partial charge >= 0.3 is 0 Å². The first kappa shape index (κ1) is 20.5. The Kier molecular flexibility index (Phi) is 6.85. The molecule has 10 heteroatoms. The Bertz CT molecular complexity index is 703. The van der Waals surface area contributed by atoms with Gasteiger partial charge in [0.15, 0.2) is 0 Å². The van der Waals surface area contributed by atoms with Crippen LogP contribution in [0.15, 0.2) is 23.1 Å². The van der Waals surface area contributed by atoms with Crippen LogP contribution in [0.5, 0.6) is 0 Å². The number of thioether (sulfide) groups is 1. The quantitative estimate of drug-likeness (QED) is 0.440. The molecule has 0 aliphatic carbocycles. The molecule has 0 radical (unpaired) electrons. The number of amides is 2. The van der Waals surface area contributed by atoms with Crippen molar-refractivity contribution in [3.8, 4) is 0 Å². The second-order valence-electron chi connectivity index (χ2n) is 6.27. The molecule has 2 aliphatic rings. The third-order valence-electron chi connectivity index (χ3n) is 4.73. The highest BCUT2D eigenvalue weighted by Crippen LogP contribution is 2.33. The lowest BCUT2D eigenvalue weighted by molar-refractivity contribution is -0.387. The van der Waals surface area contributed by atoms with Gasteiger partial charge < -0.3 is 16.0 Å². The number of rotatable bonds is 5. The zero-order chi connectivity index (χ0) is 18.0. The lowest BCUT2D eigenvalue weighted by Crippen LogP contribution is -2.43. The van der Waals surface area contributed by atoms with Gasteiger partial charge in [-0.25, -0.2) is 0 Å². The van der Waals surface area contributed by atoms with E-state index in [0.717, 1.165) is 50.2 Å². The van der Waals surface area contributed by atoms with Gasteiger partial charge in [-0.2, -0.15) is 0 Å². The number of nitrogens with zero attached hydrogens (tertiary/aromatic N) is 2. The van der Waals surface area contributed by atoms with Gasteiger partial charge in [-0.3, -0.25) is 19.7 Å². The van der Waals surface area contributed by atoms with Crippen LogP contribution >= 0.6 is 24.2 Å². The largest absolute Gasteiger partial charge is 0.366 e. The first-order valence-corrected chi connectivity index (χ1v) is 9.19. The van der Waals surface area contributed by atoms with Crippen LogP contribution in [-0.2, 0) is 4.79 Å². The summed E-state index contributed by atoms with van der Waals surface area (Å²) < 4.78 is 0. The molecule has 8 nitrogen and oxygen atoms in total. The van der Waals surface area contributed by atoms with E-state index < -0.39 is 10.8 Å². The van der Waals surface area contributed by atoms with Crippen molar-refractivity contribution in [3.63, 3.8) is 0 Å². The van der Waals surface area contributed by atoms with E-state index in [0.29, 0.717) is 4.90 Å². The number of nitro groups is 1. The molecule has 2 heterocycles. The lowest BCUT2D eigenvalue weighted by Gasteiger charge is -2.27. The number of nitrogens with one attached hydrogen (secondary N) is 1. The fourth-order valence-corrected chi connectivity index (χ4v) is 4.41. The van der Waals surface area contributed by atoms with Gasteiger partial charge in [0.2, 0.25) is 11.8 Å². The topological polar surface area (TPSA) is 119 Å². The van der Waals surface area contributed by atoms with Crippen LogP contribution in [0.3, 0.4) is 0 Å². The predicted octanol–water partition coefficient (Wildman–Crippen LogP) is 1.56. The fraction of sp³-hybridized carbons (Fsp3) is 0.500. The molecule has 2 bridgehead atoms. The highest BCUT2D eigenvalue weighted by molar-refractivity contribution is 8.00. The molecule has 2 atom stereocenters. The smallest absolute Gasteiger partial charge is 0.283 e. The maximum Gasteiger partial charge on any atom is 0.283 e. The van der Waals surface area contributed by atoms with Crippen molar-refractivity contribution in [1.29, 1.82) is 0 Å². The molecule has 2 amide bonds. The summed E-state index contributed by atoms with van der Waals surface area (Å²) in [5.74, 6) is -0.567. The monoisotopic (exact) mass is 400 g/mol. The van der Waals surface area contributed by atoms with Gasteiger partial charge in [0.1, 0.15) is 0 Å². The maximum absolute atomic E-state index is 12.7. The number of nitrogens with two attached hydrogens (primary N) is 1. The highest BCUT2D eigenvalue weighted by Gasteiger charge is 2.37. The lowest BCUT2D eigenvalue weighted by atomic mass is 10.1. The molecular formula is C16H21ClN4O4S. The van der Waals surface area contributed by atoms with Crippen molar-refractivity contribution in [2.75, 3.05) is 18.8 Å². The fourth-order valence-electron chi connectivity index (χ4n) is 3.54. The van der Waals surface area contributed by atoms with Crippen LogP contribution in [0.2, 0.25) is 0 Å². The minimum Gasteiger partial charge on any atom is -0.366 e. The van der Waals surface area contributed by atoms with E-state index in [9.17, 15) is 19.7 Å². The first-order valence-electron chi connectivity index (χ1n) is 8.20. The van der Waals surface area contributed by atoms with Gasteiger partial charge in [-0.05, 0) is 37.9 Å². The number of halogens is 1. The molecule has 1 aromatic carbocycles. The van der Waals surface area contributed by atoms with Gasteiger partial charge in [0, 0.05) is 30.3 Å². The first-order chi connectivity index (χ1) is 12.0. The summed E-state index contributed by atoms with van der Waals surface area (Å²) in [6.45, 7) is 1.72. The van der Waals surface area contributed by atoms with Crippen molar-refractivity contribution in [2.24, 2.45) is 5.73 Å². The molecule has 0 aromatic heterocycles. The van der Waals surface area contributed by atoms with E-state index in [-0.39, 0.29) is 47.4 Å². The zero-order valence-electron chi connectivity index (χ0n) is 14.1. The summed E-state index contributed by atoms with van der Waals surface area (Å²) >= 11 is 1.13. The Morgan fingerprint density at radius 2 is 2.04 bits per heavy atom. The zero-order valence-corrected chi connectivity index (χ0v) is 15.7. The molecule has 2 aliphatic heterocycles. The predicted molar refractivity (Wildman–Crippen MR) is 101 cm³/mol. The van der Waals surface area contributed by atoms with Crippen LogP contribution in [0.25, 0.3) is 0 Å². The molecule has 3 rings (SSSR count). The van der Waals surface area contributed by atoms with Gasteiger partial charge in [-0.1, -0.05) is 0 Å². The number of hydrogen-bond acceptors (Lipinski definition) is 6. The summed E-state index contributed by atoms with van der Waals surface area (Å²) in [6.07, 6.45) is 2.97. The van der Waals surface area contributed by atoms with Crippen molar-refractivity contribution in [2.45, 2.75) is 36.2 Å². The van der Waals surface area contributed by atoms with E-state index in [4.69, 9.17) is 5.73 Å². The molecule has 1 aromatic rings. The van der Waals surface area contributed by atoms with Crippen LogP contribution in [0.1, 0.15) is 29.6 Å². The molecule has 3 N–H and O–H groups in total. The summed E-state index contributed by atoms with van der Waals surface area (Å²) in [5.41, 5.74) is 5.05. The number of nitro benzene ring substituents is 1. The second kappa shape index (κ2) is 8.70. The third kappa shape index (κ3) is 4.28. The van der Waals surface area contributed by atoms with Crippen LogP contribution in [0.4, 0.5) is 5.69 Å². The summed E-state index contributed by atoms with van der Waals surface area (Å²) in [4.78, 5) is 36.9. The van der Waals surface area contributed by atoms with E-state index in [2.05, 4.69) is 5.32 Å². The molecule has 0 saturated carbocycles. The highest BCUT2D eigenvalue weighted by atomic mass is 35.5. The Morgan fingerprint density at radius 1 is 1.31 bits per heavy atom. The van der Waals surface area contributed by atoms with E-state index in [1.54, 1.807) is 0 Å². The maximum atomic E-state index is 12.7. The standard InChI is InChI=1S/C16H20N4O4S.ClH/c17-16(22)10-1-4-14(13(7-10)20(23)24)25-9-15(21)19-11-2-3-12(19)8-18-6-5-11;/h1,4,7,11-12,18H,2-3,5-6,8-9H2,(H2,17,22);1H. The van der Waals surface area contributed by atoms with Gasteiger partial charge in [0.25, 0.3) is 5.69 Å². The number of primary amides is 1. The van der Waals surface area contributed by atoms with Crippen molar-refractivity contribution in [1.82, 2.24) is 10.2 Å². The molecule has 2 unspecified atom stereocenters. The van der Waals surface area contributed by atoms with Crippen molar-refractivity contribution in [3.05, 3.63) is 33.9 Å². The van der Waals surface area contributed by atoms with Crippen LogP contribution in [-0.4, -0.2) is 52.6 Å². The number of fused-ring (bicyclic) bond motifs is 2. The Hall–Kier alpha value is -1.84. The molecule has 26 heavy (non-hydrogen) atoms. The van der Waals surface area contributed by atoms with Gasteiger partial charge in [-0.15, -0.1) is 24.2 Å². The van der Waals surface area contributed by atoms with Crippen LogP contribution in [0, 0.1) is 10.1 Å². The molecule has 2 fully saturated rings. The Balaban J connectivity index is 0.00000243. The Labute approximate surface area is 161 Å². The van der Waals surface area contributed by atoms with Crippen molar-refractivity contribution >= 4 is 41.7 Å². The van der Waals surface area contributed by atoms with E-state index >= 15 is 0 Å². The summed E-state index contributed by atoms with van der Waals surface area (Å²) in [6, 6.07) is 4.57. The van der Waals surface area contributed by atoms with Crippen LogP contribution < -0.4 is 11.1 Å². The second-order valence-corrected chi connectivity index (χ2v) is 7.29. The third-order valence-corrected chi connectivity index (χ3v) is 5.78. The molecular weight excluding hydrogens is 380 g/mol. The van der Waals surface area contributed by atoms with E-state index in [1.165, 1.54) is 12.1 Å². The molecule has 2 saturated heterocycles. The molecule has 142 valence electrons. The average Bonchev–Trinajstić information content (AvgIpc) is 2.85. The number of hydrogen-bond donors (Lipinski definition) is 2. The minimum absolute atomic E-state index is 0. The summed E-state index contributed by atoms with van der Waals surface area (Å²) in [7, 11) is 0. The van der Waals surface area contributed by atoms with Gasteiger partial charge in [0.05, 0.1) is 15.6 Å². The number of carbonyl (C=O) groups is 2. The Morgan fingerprint density at radius 3 is 2.73 bits per heavy atom. The average molecular weight is 401 g/mol. The minimum atomic E-state index is -0.718. The number of benzene rings is 1. The normalized spacial score (nSPS) is 21.6. The molecule has 0 spiro atoms. The SMILES string of the molecule is Cl.NC(=O)c1ccc(SCC(=O)N2C3CCNCC2CC3)c([N+](=O)[O-])c1.